The lowest BCUT2D eigenvalue weighted by Gasteiger charge is -2.12. The minimum absolute atomic E-state index is 0.00839. The molecular weight excluding hydrogens is 400 g/mol. The maximum Gasteiger partial charge on any atom is 0.266 e. The third-order valence-corrected chi connectivity index (χ3v) is 5.18. The molecule has 0 atom stereocenters. The molecule has 6 nitrogen and oxygen atoms in total. The van der Waals surface area contributed by atoms with Crippen LogP contribution in [0.3, 0.4) is 0 Å². The fraction of sp³-hybridized carbons (Fsp3) is 0.192. The second kappa shape index (κ2) is 10.3. The molecule has 2 amide bonds. The van der Waals surface area contributed by atoms with Gasteiger partial charge in [-0.15, -0.1) is 0 Å². The number of anilines is 2. The number of nitrogens with one attached hydrogen (secondary N) is 2. The third kappa shape index (κ3) is 5.13. The Hall–Kier alpha value is -4.11. The highest BCUT2D eigenvalue weighted by molar-refractivity contribution is 6.12. The van der Waals surface area contributed by atoms with Gasteiger partial charge in [0.1, 0.15) is 11.6 Å². The molecule has 2 N–H and O–H groups in total. The zero-order valence-corrected chi connectivity index (χ0v) is 18.5. The number of amides is 2. The van der Waals surface area contributed by atoms with Crippen molar-refractivity contribution in [1.29, 1.82) is 5.26 Å². The van der Waals surface area contributed by atoms with Gasteiger partial charge in [-0.25, -0.2) is 0 Å². The van der Waals surface area contributed by atoms with E-state index in [9.17, 15) is 14.9 Å². The van der Waals surface area contributed by atoms with Gasteiger partial charge in [0.05, 0.1) is 11.4 Å². The molecule has 0 unspecified atom stereocenters. The summed E-state index contributed by atoms with van der Waals surface area (Å²) in [5, 5.41) is 15.2. The van der Waals surface area contributed by atoms with Gasteiger partial charge in [-0.1, -0.05) is 37.3 Å². The van der Waals surface area contributed by atoms with Crippen LogP contribution in [0.2, 0.25) is 0 Å². The van der Waals surface area contributed by atoms with Crippen LogP contribution in [0.15, 0.2) is 66.2 Å². The second-order valence-corrected chi connectivity index (χ2v) is 7.47. The summed E-state index contributed by atoms with van der Waals surface area (Å²) in [5.74, 6) is -0.819. The predicted molar refractivity (Wildman–Crippen MR) is 127 cm³/mol. The molecule has 162 valence electrons. The van der Waals surface area contributed by atoms with E-state index in [1.165, 1.54) is 0 Å². The van der Waals surface area contributed by atoms with Crippen molar-refractivity contribution in [2.45, 2.75) is 33.7 Å². The van der Waals surface area contributed by atoms with Gasteiger partial charge >= 0.3 is 0 Å². The number of aromatic nitrogens is 1. The van der Waals surface area contributed by atoms with Crippen molar-refractivity contribution in [3.63, 3.8) is 0 Å². The quantitative estimate of drug-likeness (QED) is 0.396. The van der Waals surface area contributed by atoms with Crippen molar-refractivity contribution >= 4 is 29.3 Å². The van der Waals surface area contributed by atoms with Crippen LogP contribution >= 0.6 is 0 Å². The van der Waals surface area contributed by atoms with Crippen LogP contribution in [0.25, 0.3) is 6.08 Å². The van der Waals surface area contributed by atoms with Gasteiger partial charge in [0.2, 0.25) is 0 Å². The number of benzene rings is 2. The number of nitrogens with zero attached hydrogens (tertiary/aromatic N) is 2. The normalized spacial score (nSPS) is 11.0. The summed E-state index contributed by atoms with van der Waals surface area (Å²) in [6.07, 6.45) is 2.60. The molecular formula is C26H26N4O2. The van der Waals surface area contributed by atoms with E-state index in [4.69, 9.17) is 0 Å². The largest absolute Gasteiger partial charge is 0.349 e. The lowest BCUT2D eigenvalue weighted by Crippen LogP contribution is -2.17. The van der Waals surface area contributed by atoms with Crippen LogP contribution in [0.4, 0.5) is 11.4 Å². The molecule has 0 aliphatic heterocycles. The highest BCUT2D eigenvalue weighted by atomic mass is 16.2. The highest BCUT2D eigenvalue weighted by Gasteiger charge is 2.15. The first-order chi connectivity index (χ1) is 15.4. The van der Waals surface area contributed by atoms with E-state index in [0.717, 1.165) is 29.9 Å². The van der Waals surface area contributed by atoms with Gasteiger partial charge in [0, 0.05) is 23.5 Å². The molecule has 2 aromatic carbocycles. The lowest BCUT2D eigenvalue weighted by molar-refractivity contribution is -0.112. The molecule has 3 aromatic rings. The maximum absolute atomic E-state index is 12.9. The van der Waals surface area contributed by atoms with E-state index < -0.39 is 5.91 Å². The lowest BCUT2D eigenvalue weighted by atomic mass is 10.1. The van der Waals surface area contributed by atoms with E-state index in [1.807, 2.05) is 32.0 Å². The average Bonchev–Trinajstić information content (AvgIpc) is 3.06. The van der Waals surface area contributed by atoms with Gasteiger partial charge in [0.25, 0.3) is 11.8 Å². The molecule has 1 heterocycles. The monoisotopic (exact) mass is 426 g/mol. The van der Waals surface area contributed by atoms with Gasteiger partial charge < -0.3 is 15.2 Å². The highest BCUT2D eigenvalue weighted by Crippen LogP contribution is 2.24. The SMILES string of the molecule is CCCn1c(C)cc(/C=C(\C#N)C(=O)Nc2ccccc2NC(=O)c2ccccc2)c1C. The summed E-state index contributed by atoms with van der Waals surface area (Å²) in [6.45, 7) is 6.98. The summed E-state index contributed by atoms with van der Waals surface area (Å²) in [7, 11) is 0. The number of carbonyl (C=O) groups is 2. The number of hydrogen-bond acceptors (Lipinski definition) is 3. The van der Waals surface area contributed by atoms with E-state index in [-0.39, 0.29) is 11.5 Å². The smallest absolute Gasteiger partial charge is 0.266 e. The Kier molecular flexibility index (Phi) is 7.25. The van der Waals surface area contributed by atoms with Crippen LogP contribution in [0.1, 0.15) is 40.7 Å². The molecule has 0 saturated heterocycles. The van der Waals surface area contributed by atoms with Gasteiger partial charge in [-0.2, -0.15) is 5.26 Å². The minimum atomic E-state index is -0.533. The van der Waals surface area contributed by atoms with Crippen molar-refractivity contribution in [2.75, 3.05) is 10.6 Å². The molecule has 0 aliphatic carbocycles. The van der Waals surface area contributed by atoms with E-state index >= 15 is 0 Å². The maximum atomic E-state index is 12.9. The van der Waals surface area contributed by atoms with E-state index in [1.54, 1.807) is 54.6 Å². The number of nitriles is 1. The summed E-state index contributed by atoms with van der Waals surface area (Å²) in [5.41, 5.74) is 4.31. The van der Waals surface area contributed by atoms with E-state index in [2.05, 4.69) is 22.1 Å². The Labute approximate surface area is 188 Å². The van der Waals surface area contributed by atoms with Crippen LogP contribution in [0.5, 0.6) is 0 Å². The molecule has 3 rings (SSSR count). The number of hydrogen-bond donors (Lipinski definition) is 2. The van der Waals surface area contributed by atoms with Gasteiger partial charge in [-0.3, -0.25) is 9.59 Å². The van der Waals surface area contributed by atoms with E-state index in [0.29, 0.717) is 16.9 Å². The first-order valence-corrected chi connectivity index (χ1v) is 10.5. The van der Waals surface area contributed by atoms with Crippen LogP contribution in [-0.4, -0.2) is 16.4 Å². The molecule has 0 saturated carbocycles. The van der Waals surface area contributed by atoms with Crippen molar-refractivity contribution in [1.82, 2.24) is 4.57 Å². The molecule has 0 spiro atoms. The second-order valence-electron chi connectivity index (χ2n) is 7.47. The number of carbonyl (C=O) groups excluding carboxylic acids is 2. The summed E-state index contributed by atoms with van der Waals surface area (Å²) in [4.78, 5) is 25.4. The fourth-order valence-electron chi connectivity index (χ4n) is 3.52. The first kappa shape index (κ1) is 22.6. The van der Waals surface area contributed by atoms with Gasteiger partial charge in [-0.05, 0) is 62.2 Å². The first-order valence-electron chi connectivity index (χ1n) is 10.5. The van der Waals surface area contributed by atoms with Crippen LogP contribution in [0, 0.1) is 25.2 Å². The predicted octanol–water partition coefficient (Wildman–Crippen LogP) is 5.31. The standard InChI is InChI=1S/C26H26N4O2/c1-4-14-30-18(2)15-21(19(30)3)16-22(17-27)26(32)29-24-13-9-8-12-23(24)28-25(31)20-10-6-5-7-11-20/h5-13,15-16H,4,14H2,1-3H3,(H,28,31)(H,29,32)/b22-16+. The van der Waals surface area contributed by atoms with Crippen LogP contribution in [-0.2, 0) is 11.3 Å². The Balaban J connectivity index is 1.82. The Morgan fingerprint density at radius 2 is 1.62 bits per heavy atom. The number of aryl methyl sites for hydroxylation is 1. The molecule has 0 fully saturated rings. The molecule has 6 heteroatoms. The molecule has 0 bridgehead atoms. The Morgan fingerprint density at radius 1 is 1.00 bits per heavy atom. The van der Waals surface area contributed by atoms with Crippen molar-refractivity contribution in [2.24, 2.45) is 0 Å². The van der Waals surface area contributed by atoms with Crippen molar-refractivity contribution in [3.05, 3.63) is 88.8 Å². The van der Waals surface area contributed by atoms with Crippen LogP contribution < -0.4 is 10.6 Å². The molecule has 0 radical (unpaired) electrons. The zero-order valence-electron chi connectivity index (χ0n) is 18.5. The minimum Gasteiger partial charge on any atom is -0.349 e. The summed E-state index contributed by atoms with van der Waals surface area (Å²) < 4.78 is 2.17. The Bertz CT molecular complexity index is 1200. The van der Waals surface area contributed by atoms with Gasteiger partial charge in [0.15, 0.2) is 0 Å². The fourth-order valence-corrected chi connectivity index (χ4v) is 3.52. The zero-order chi connectivity index (χ0) is 23.1. The average molecular weight is 427 g/mol. The third-order valence-electron chi connectivity index (χ3n) is 5.18. The summed E-state index contributed by atoms with van der Waals surface area (Å²) in [6, 6.07) is 19.7. The molecule has 32 heavy (non-hydrogen) atoms. The van der Waals surface area contributed by atoms with Crippen molar-refractivity contribution < 1.29 is 9.59 Å². The Morgan fingerprint density at radius 3 is 2.25 bits per heavy atom. The topological polar surface area (TPSA) is 86.9 Å². The molecule has 0 aliphatic rings. The number of rotatable bonds is 7. The number of para-hydroxylation sites is 2. The van der Waals surface area contributed by atoms with Crippen molar-refractivity contribution in [3.8, 4) is 6.07 Å². The molecule has 1 aromatic heterocycles. The summed E-state index contributed by atoms with van der Waals surface area (Å²) >= 11 is 0.